The summed E-state index contributed by atoms with van der Waals surface area (Å²) < 4.78 is 32.4. The smallest absolute Gasteiger partial charge is 0.256 e. The molecular formula is C23H26F2N2O3. The van der Waals surface area contributed by atoms with Crippen molar-refractivity contribution in [2.75, 3.05) is 19.7 Å². The van der Waals surface area contributed by atoms with Crippen LogP contribution in [0.2, 0.25) is 0 Å². The minimum atomic E-state index is -0.871. The topological polar surface area (TPSA) is 58.6 Å². The van der Waals surface area contributed by atoms with E-state index < -0.39 is 17.5 Å². The fraction of sp³-hybridized carbons (Fsp3) is 0.391. The molecule has 1 aliphatic rings. The molecule has 1 atom stereocenters. The zero-order valence-corrected chi connectivity index (χ0v) is 17.2. The standard InChI is InChI=1S/C23H26F2N2O3/c1-3-30-19-7-4-16(5-8-19)15(2)26-22(28)17-10-12-27(13-11-17)23(29)20-9-6-18(24)14-21(20)25/h4-9,14-15,17H,3,10-13H2,1-2H3,(H,26,28). The number of nitrogens with one attached hydrogen (secondary N) is 1. The first-order valence-corrected chi connectivity index (χ1v) is 10.2. The fourth-order valence-corrected chi connectivity index (χ4v) is 3.61. The van der Waals surface area contributed by atoms with Gasteiger partial charge in [0.1, 0.15) is 17.4 Å². The molecule has 1 unspecified atom stereocenters. The maximum atomic E-state index is 13.9. The Morgan fingerprint density at radius 1 is 1.13 bits per heavy atom. The van der Waals surface area contributed by atoms with Crippen molar-refractivity contribution in [1.82, 2.24) is 10.2 Å². The zero-order valence-electron chi connectivity index (χ0n) is 17.2. The fourth-order valence-electron chi connectivity index (χ4n) is 3.61. The first kappa shape index (κ1) is 21.7. The van der Waals surface area contributed by atoms with Gasteiger partial charge >= 0.3 is 0 Å². The average Bonchev–Trinajstić information content (AvgIpc) is 2.74. The number of piperidine rings is 1. The van der Waals surface area contributed by atoms with E-state index >= 15 is 0 Å². The van der Waals surface area contributed by atoms with Gasteiger partial charge in [-0.3, -0.25) is 9.59 Å². The summed E-state index contributed by atoms with van der Waals surface area (Å²) in [6.45, 7) is 5.15. The lowest BCUT2D eigenvalue weighted by Crippen LogP contribution is -2.43. The normalized spacial score (nSPS) is 15.5. The Balaban J connectivity index is 1.52. The van der Waals surface area contributed by atoms with E-state index in [1.165, 1.54) is 4.90 Å². The van der Waals surface area contributed by atoms with Crippen molar-refractivity contribution in [3.8, 4) is 5.75 Å². The van der Waals surface area contributed by atoms with Gasteiger partial charge in [-0.05, 0) is 56.5 Å². The van der Waals surface area contributed by atoms with Crippen molar-refractivity contribution in [3.63, 3.8) is 0 Å². The molecule has 7 heteroatoms. The lowest BCUT2D eigenvalue weighted by atomic mass is 9.94. The van der Waals surface area contributed by atoms with Crippen molar-refractivity contribution in [2.45, 2.75) is 32.7 Å². The summed E-state index contributed by atoms with van der Waals surface area (Å²) in [5, 5.41) is 3.02. The first-order chi connectivity index (χ1) is 14.4. The summed E-state index contributed by atoms with van der Waals surface area (Å²) in [6.07, 6.45) is 0.993. The lowest BCUT2D eigenvalue weighted by Gasteiger charge is -2.32. The molecule has 3 rings (SSSR count). The van der Waals surface area contributed by atoms with Crippen molar-refractivity contribution < 1.29 is 23.1 Å². The third-order valence-electron chi connectivity index (χ3n) is 5.36. The zero-order chi connectivity index (χ0) is 21.7. The quantitative estimate of drug-likeness (QED) is 0.772. The van der Waals surface area contributed by atoms with E-state index in [1.807, 2.05) is 38.1 Å². The molecule has 0 aliphatic carbocycles. The number of halogens is 2. The summed E-state index contributed by atoms with van der Waals surface area (Å²) >= 11 is 0. The summed E-state index contributed by atoms with van der Waals surface area (Å²) in [4.78, 5) is 26.7. The highest BCUT2D eigenvalue weighted by molar-refractivity contribution is 5.94. The van der Waals surface area contributed by atoms with Gasteiger partial charge in [-0.15, -0.1) is 0 Å². The van der Waals surface area contributed by atoms with Crippen molar-refractivity contribution in [2.24, 2.45) is 5.92 Å². The summed E-state index contributed by atoms with van der Waals surface area (Å²) in [7, 11) is 0. The number of likely N-dealkylation sites (tertiary alicyclic amines) is 1. The number of carbonyl (C=O) groups excluding carboxylic acids is 2. The molecule has 2 aromatic carbocycles. The number of hydrogen-bond acceptors (Lipinski definition) is 3. The van der Waals surface area contributed by atoms with Crippen molar-refractivity contribution in [3.05, 3.63) is 65.2 Å². The predicted octanol–water partition coefficient (Wildman–Crippen LogP) is 4.09. The number of ether oxygens (including phenoxy) is 1. The Morgan fingerprint density at radius 3 is 2.40 bits per heavy atom. The highest BCUT2D eigenvalue weighted by atomic mass is 19.1. The molecular weight excluding hydrogens is 390 g/mol. The van der Waals surface area contributed by atoms with Gasteiger partial charge in [0.25, 0.3) is 5.91 Å². The number of benzene rings is 2. The molecule has 160 valence electrons. The lowest BCUT2D eigenvalue weighted by molar-refractivity contribution is -0.127. The number of hydrogen-bond donors (Lipinski definition) is 1. The Hall–Kier alpha value is -2.96. The average molecular weight is 416 g/mol. The van der Waals surface area contributed by atoms with Gasteiger partial charge in [0.05, 0.1) is 18.2 Å². The second-order valence-electron chi connectivity index (χ2n) is 7.42. The van der Waals surface area contributed by atoms with Crippen LogP contribution in [0, 0.1) is 17.6 Å². The summed E-state index contributed by atoms with van der Waals surface area (Å²) in [6, 6.07) is 10.4. The number of rotatable bonds is 6. The van der Waals surface area contributed by atoms with Gasteiger partial charge < -0.3 is 15.0 Å². The van der Waals surface area contributed by atoms with Crippen LogP contribution in [0.3, 0.4) is 0 Å². The van der Waals surface area contributed by atoms with Crippen LogP contribution in [0.4, 0.5) is 8.78 Å². The molecule has 5 nitrogen and oxygen atoms in total. The predicted molar refractivity (Wildman–Crippen MR) is 109 cm³/mol. The van der Waals surface area contributed by atoms with Gasteiger partial charge in [0.15, 0.2) is 0 Å². The molecule has 30 heavy (non-hydrogen) atoms. The van der Waals surface area contributed by atoms with E-state index in [9.17, 15) is 18.4 Å². The Bertz CT molecular complexity index is 894. The molecule has 1 fully saturated rings. The molecule has 2 aromatic rings. The molecule has 0 spiro atoms. The Kier molecular flexibility index (Phi) is 7.03. The highest BCUT2D eigenvalue weighted by Gasteiger charge is 2.29. The number of amides is 2. The molecule has 1 aliphatic heterocycles. The molecule has 2 amide bonds. The Morgan fingerprint density at radius 2 is 1.80 bits per heavy atom. The van der Waals surface area contributed by atoms with Crippen molar-refractivity contribution >= 4 is 11.8 Å². The van der Waals surface area contributed by atoms with Gasteiger partial charge in [-0.1, -0.05) is 12.1 Å². The summed E-state index contributed by atoms with van der Waals surface area (Å²) in [5.74, 6) is -1.55. The third kappa shape index (κ3) is 5.14. The number of carbonyl (C=O) groups is 2. The maximum absolute atomic E-state index is 13.9. The largest absolute Gasteiger partial charge is 0.494 e. The van der Waals surface area contributed by atoms with Gasteiger partial charge in [0, 0.05) is 25.1 Å². The summed E-state index contributed by atoms with van der Waals surface area (Å²) in [5.41, 5.74) is 0.828. The van der Waals surface area contributed by atoms with Crippen LogP contribution in [0.5, 0.6) is 5.75 Å². The minimum absolute atomic E-state index is 0.0588. The third-order valence-corrected chi connectivity index (χ3v) is 5.36. The Labute approximate surface area is 175 Å². The van der Waals surface area contributed by atoms with E-state index in [4.69, 9.17) is 4.74 Å². The van der Waals surface area contributed by atoms with Crippen LogP contribution < -0.4 is 10.1 Å². The van der Waals surface area contributed by atoms with E-state index in [0.717, 1.165) is 23.4 Å². The monoisotopic (exact) mass is 416 g/mol. The van der Waals surface area contributed by atoms with E-state index in [2.05, 4.69) is 5.32 Å². The minimum Gasteiger partial charge on any atom is -0.494 e. The van der Waals surface area contributed by atoms with Crippen LogP contribution in [-0.2, 0) is 4.79 Å². The van der Waals surface area contributed by atoms with Crippen molar-refractivity contribution in [1.29, 1.82) is 0 Å². The van der Waals surface area contributed by atoms with Crippen LogP contribution in [0.1, 0.15) is 48.7 Å². The van der Waals surface area contributed by atoms with Crippen LogP contribution in [-0.4, -0.2) is 36.4 Å². The molecule has 0 aromatic heterocycles. The molecule has 0 saturated carbocycles. The van der Waals surface area contributed by atoms with E-state index in [0.29, 0.717) is 38.6 Å². The molecule has 1 heterocycles. The van der Waals surface area contributed by atoms with Crippen LogP contribution in [0.15, 0.2) is 42.5 Å². The van der Waals surface area contributed by atoms with Crippen LogP contribution >= 0.6 is 0 Å². The highest BCUT2D eigenvalue weighted by Crippen LogP contribution is 2.23. The second-order valence-corrected chi connectivity index (χ2v) is 7.42. The molecule has 1 saturated heterocycles. The number of nitrogens with zero attached hydrogens (tertiary/aromatic N) is 1. The van der Waals surface area contributed by atoms with Gasteiger partial charge in [0.2, 0.25) is 5.91 Å². The first-order valence-electron chi connectivity index (χ1n) is 10.2. The molecule has 0 bridgehead atoms. The van der Waals surface area contributed by atoms with E-state index in [-0.39, 0.29) is 23.4 Å². The maximum Gasteiger partial charge on any atom is 0.256 e. The van der Waals surface area contributed by atoms with Gasteiger partial charge in [-0.25, -0.2) is 8.78 Å². The second kappa shape index (κ2) is 9.69. The molecule has 0 radical (unpaired) electrons. The molecule has 1 N–H and O–H groups in total. The SMILES string of the molecule is CCOc1ccc(C(C)NC(=O)C2CCN(C(=O)c3ccc(F)cc3F)CC2)cc1. The van der Waals surface area contributed by atoms with Gasteiger partial charge in [-0.2, -0.15) is 0 Å². The van der Waals surface area contributed by atoms with Crippen LogP contribution in [0.25, 0.3) is 0 Å². The van der Waals surface area contributed by atoms with E-state index in [1.54, 1.807) is 0 Å².